The number of rotatable bonds is 5. The van der Waals surface area contributed by atoms with Crippen molar-refractivity contribution in [2.45, 2.75) is 25.8 Å². The number of benzene rings is 1. The van der Waals surface area contributed by atoms with Crippen molar-refractivity contribution in [2.75, 3.05) is 27.3 Å². The molecule has 1 aromatic carbocycles. The number of piperidine rings is 1. The highest BCUT2D eigenvalue weighted by molar-refractivity contribution is 7.17. The maximum atomic E-state index is 11.9. The van der Waals surface area contributed by atoms with Crippen LogP contribution in [-0.2, 0) is 9.53 Å². The summed E-state index contributed by atoms with van der Waals surface area (Å²) in [5.74, 6) is 1.25. The highest BCUT2D eigenvalue weighted by Crippen LogP contribution is 2.42. The Balaban J connectivity index is 1.72. The Kier molecular flexibility index (Phi) is 5.42. The van der Waals surface area contributed by atoms with E-state index < -0.39 is 0 Å². The molecule has 0 saturated carbocycles. The van der Waals surface area contributed by atoms with Crippen molar-refractivity contribution in [3.63, 3.8) is 0 Å². The molecule has 3 aromatic rings. The molecule has 4 rings (SSSR count). The van der Waals surface area contributed by atoms with E-state index in [1.807, 2.05) is 24.3 Å². The van der Waals surface area contributed by atoms with E-state index in [1.165, 1.54) is 23.0 Å². The summed E-state index contributed by atoms with van der Waals surface area (Å²) in [5, 5.41) is 15.2. The molecule has 1 aliphatic rings. The molecule has 8 nitrogen and oxygen atoms in total. The number of thiazole rings is 1. The number of aromatic hydroxyl groups is 1. The SMILES string of the molecule is COC(=O)C1CCN([C@H](c2cccc(OC)c2)c2sc3nc(C)nn3c2O)CC1. The van der Waals surface area contributed by atoms with E-state index >= 15 is 0 Å². The molecule has 3 heterocycles. The van der Waals surface area contributed by atoms with Gasteiger partial charge in [0.1, 0.15) is 11.6 Å². The molecule has 0 spiro atoms. The van der Waals surface area contributed by atoms with Gasteiger partial charge in [0.05, 0.1) is 31.1 Å². The van der Waals surface area contributed by atoms with E-state index in [0.717, 1.165) is 16.2 Å². The number of aryl methyl sites for hydroxylation is 1. The number of hydrogen-bond acceptors (Lipinski definition) is 8. The highest BCUT2D eigenvalue weighted by atomic mass is 32.1. The molecule has 1 fully saturated rings. The lowest BCUT2D eigenvalue weighted by Crippen LogP contribution is -2.39. The second-order valence-corrected chi connectivity index (χ2v) is 8.16. The maximum Gasteiger partial charge on any atom is 0.308 e. The van der Waals surface area contributed by atoms with Gasteiger partial charge in [0.25, 0.3) is 0 Å². The van der Waals surface area contributed by atoms with Gasteiger partial charge in [-0.25, -0.2) is 4.98 Å². The van der Waals surface area contributed by atoms with E-state index in [1.54, 1.807) is 14.0 Å². The van der Waals surface area contributed by atoms with Crippen LogP contribution >= 0.6 is 11.3 Å². The Labute approximate surface area is 172 Å². The molecule has 0 aliphatic carbocycles. The lowest BCUT2D eigenvalue weighted by molar-refractivity contribution is -0.147. The second kappa shape index (κ2) is 8.00. The molecule has 0 amide bonds. The third-order valence-corrected chi connectivity index (χ3v) is 6.47. The van der Waals surface area contributed by atoms with Crippen LogP contribution in [0.5, 0.6) is 11.6 Å². The fourth-order valence-corrected chi connectivity index (χ4v) is 5.09. The third-order valence-electron chi connectivity index (χ3n) is 5.39. The van der Waals surface area contributed by atoms with Crippen molar-refractivity contribution < 1.29 is 19.4 Å². The standard InChI is InChI=1S/C20H24N4O4S/c1-12-21-20-24(22-12)18(25)17(29-20)16(14-5-4-6-15(11-14)27-2)23-9-7-13(8-10-23)19(26)28-3/h4-6,11,13,16,25H,7-10H2,1-3H3/t16-/m1/s1. The molecule has 0 unspecified atom stereocenters. The van der Waals surface area contributed by atoms with E-state index in [4.69, 9.17) is 9.47 Å². The van der Waals surface area contributed by atoms with Crippen molar-refractivity contribution in [2.24, 2.45) is 5.92 Å². The number of aromatic nitrogens is 3. The zero-order chi connectivity index (χ0) is 20.5. The monoisotopic (exact) mass is 416 g/mol. The first-order valence-corrected chi connectivity index (χ1v) is 10.3. The summed E-state index contributed by atoms with van der Waals surface area (Å²) < 4.78 is 11.8. The Morgan fingerprint density at radius 1 is 1.31 bits per heavy atom. The van der Waals surface area contributed by atoms with Gasteiger partial charge >= 0.3 is 5.97 Å². The minimum Gasteiger partial charge on any atom is -0.497 e. The lowest BCUT2D eigenvalue weighted by Gasteiger charge is -2.36. The number of carbonyl (C=O) groups is 1. The normalized spacial score (nSPS) is 16.8. The third kappa shape index (κ3) is 3.67. The molecule has 1 atom stereocenters. The average molecular weight is 417 g/mol. The van der Waals surface area contributed by atoms with Crippen LogP contribution in [0.3, 0.4) is 0 Å². The summed E-state index contributed by atoms with van der Waals surface area (Å²) in [6.45, 7) is 3.23. The Morgan fingerprint density at radius 3 is 2.72 bits per heavy atom. The zero-order valence-corrected chi connectivity index (χ0v) is 17.5. The fraction of sp³-hybridized carbons (Fsp3) is 0.450. The predicted octanol–water partition coefficient (Wildman–Crippen LogP) is 2.79. The number of likely N-dealkylation sites (tertiary alicyclic amines) is 1. The number of methoxy groups -OCH3 is 2. The van der Waals surface area contributed by atoms with E-state index in [0.29, 0.717) is 36.7 Å². The van der Waals surface area contributed by atoms with Gasteiger partial charge in [-0.3, -0.25) is 9.69 Å². The minimum atomic E-state index is -0.183. The van der Waals surface area contributed by atoms with Crippen LogP contribution < -0.4 is 4.74 Å². The van der Waals surface area contributed by atoms with Crippen molar-refractivity contribution in [1.82, 2.24) is 19.5 Å². The smallest absolute Gasteiger partial charge is 0.308 e. The molecular formula is C20H24N4O4S. The van der Waals surface area contributed by atoms with Gasteiger partial charge in [-0.2, -0.15) is 4.52 Å². The molecule has 0 bridgehead atoms. The Hall–Kier alpha value is -2.65. The number of ether oxygens (including phenoxy) is 2. The van der Waals surface area contributed by atoms with E-state index in [9.17, 15) is 9.90 Å². The van der Waals surface area contributed by atoms with Crippen molar-refractivity contribution >= 4 is 22.3 Å². The molecule has 1 saturated heterocycles. The van der Waals surface area contributed by atoms with E-state index in [-0.39, 0.29) is 23.8 Å². The fourth-order valence-electron chi connectivity index (χ4n) is 3.93. The number of hydrogen-bond donors (Lipinski definition) is 1. The molecule has 154 valence electrons. The topological polar surface area (TPSA) is 89.2 Å². The van der Waals surface area contributed by atoms with E-state index in [2.05, 4.69) is 15.0 Å². The summed E-state index contributed by atoms with van der Waals surface area (Å²) in [4.78, 5) is 20.0. The molecule has 1 aliphatic heterocycles. The van der Waals surface area contributed by atoms with Gasteiger partial charge in [0.15, 0.2) is 0 Å². The summed E-state index contributed by atoms with van der Waals surface area (Å²) in [6.07, 6.45) is 1.43. The lowest BCUT2D eigenvalue weighted by atomic mass is 9.93. The maximum absolute atomic E-state index is 11.9. The van der Waals surface area contributed by atoms with Gasteiger partial charge in [-0.05, 0) is 50.6 Å². The van der Waals surface area contributed by atoms with Crippen LogP contribution in [0.1, 0.15) is 35.1 Å². The molecule has 9 heteroatoms. The quantitative estimate of drug-likeness (QED) is 0.640. The van der Waals surface area contributed by atoms with Crippen LogP contribution in [0.15, 0.2) is 24.3 Å². The zero-order valence-electron chi connectivity index (χ0n) is 16.7. The van der Waals surface area contributed by atoms with Crippen molar-refractivity contribution in [3.05, 3.63) is 40.5 Å². The molecule has 29 heavy (non-hydrogen) atoms. The van der Waals surface area contributed by atoms with Gasteiger partial charge < -0.3 is 14.6 Å². The minimum absolute atomic E-state index is 0.0826. The first kappa shape index (κ1) is 19.7. The van der Waals surface area contributed by atoms with Gasteiger partial charge in [-0.15, -0.1) is 5.10 Å². The van der Waals surface area contributed by atoms with Gasteiger partial charge in [0, 0.05) is 0 Å². The van der Waals surface area contributed by atoms with Crippen LogP contribution in [0, 0.1) is 12.8 Å². The molecular weight excluding hydrogens is 392 g/mol. The summed E-state index contributed by atoms with van der Waals surface area (Å²) in [5.41, 5.74) is 1.01. The Bertz CT molecular complexity index is 1020. The van der Waals surface area contributed by atoms with Crippen LogP contribution in [0.25, 0.3) is 4.96 Å². The molecule has 1 N–H and O–H groups in total. The summed E-state index contributed by atoms with van der Waals surface area (Å²) in [7, 11) is 3.07. The average Bonchev–Trinajstić information content (AvgIpc) is 3.25. The number of fused-ring (bicyclic) bond motifs is 1. The number of carbonyl (C=O) groups excluding carboxylic acids is 1. The Morgan fingerprint density at radius 2 is 2.07 bits per heavy atom. The number of esters is 1. The van der Waals surface area contributed by atoms with Crippen LogP contribution in [-0.4, -0.2) is 57.9 Å². The van der Waals surface area contributed by atoms with Crippen LogP contribution in [0.4, 0.5) is 0 Å². The molecule has 2 aromatic heterocycles. The van der Waals surface area contributed by atoms with Crippen LogP contribution in [0.2, 0.25) is 0 Å². The molecule has 0 radical (unpaired) electrons. The van der Waals surface area contributed by atoms with Gasteiger partial charge in [-0.1, -0.05) is 23.5 Å². The van der Waals surface area contributed by atoms with Gasteiger partial charge in [0.2, 0.25) is 10.8 Å². The first-order chi connectivity index (χ1) is 14.0. The van der Waals surface area contributed by atoms with Crippen molar-refractivity contribution in [1.29, 1.82) is 0 Å². The largest absolute Gasteiger partial charge is 0.497 e. The van der Waals surface area contributed by atoms with Crippen molar-refractivity contribution in [3.8, 4) is 11.6 Å². The first-order valence-electron chi connectivity index (χ1n) is 9.52. The highest BCUT2D eigenvalue weighted by Gasteiger charge is 2.34. The summed E-state index contributed by atoms with van der Waals surface area (Å²) >= 11 is 1.43. The summed E-state index contributed by atoms with van der Waals surface area (Å²) in [6, 6.07) is 7.67. The number of nitrogens with zero attached hydrogens (tertiary/aromatic N) is 4. The predicted molar refractivity (Wildman–Crippen MR) is 108 cm³/mol. The second-order valence-electron chi connectivity index (χ2n) is 7.16.